The molecule has 0 atom stereocenters. The molecular formula is C6H3ClF3NO. The molecule has 0 N–H and O–H groups in total. The normalized spacial score (nSPS) is 10.4. The number of aromatic nitrogens is 1. The lowest BCUT2D eigenvalue weighted by Crippen LogP contribution is -2.03. The van der Waals surface area contributed by atoms with Crippen LogP contribution in [0, 0.1) is 5.95 Å². The minimum Gasteiger partial charge on any atom is -0.432 e. The van der Waals surface area contributed by atoms with E-state index in [1.165, 1.54) is 0 Å². The molecule has 1 aromatic rings. The molecule has 0 saturated heterocycles. The van der Waals surface area contributed by atoms with Crippen molar-refractivity contribution in [2.75, 3.05) is 0 Å². The summed E-state index contributed by atoms with van der Waals surface area (Å²) >= 11 is 5.34. The molecular weight excluding hydrogens is 195 g/mol. The number of pyridine rings is 1. The van der Waals surface area contributed by atoms with Crippen LogP contribution in [0.15, 0.2) is 12.3 Å². The van der Waals surface area contributed by atoms with Crippen LogP contribution in [-0.2, 0) is 0 Å². The maximum atomic E-state index is 12.2. The summed E-state index contributed by atoms with van der Waals surface area (Å²) in [4.78, 5) is 3.08. The van der Waals surface area contributed by atoms with Gasteiger partial charge in [0.15, 0.2) is 5.75 Å². The van der Waals surface area contributed by atoms with Crippen LogP contribution in [0.25, 0.3) is 0 Å². The van der Waals surface area contributed by atoms with Crippen LogP contribution in [0.4, 0.5) is 13.2 Å². The third-order valence-corrected chi connectivity index (χ3v) is 1.30. The topological polar surface area (TPSA) is 22.1 Å². The van der Waals surface area contributed by atoms with E-state index in [1.54, 1.807) is 0 Å². The van der Waals surface area contributed by atoms with E-state index >= 15 is 0 Å². The molecule has 0 aromatic carbocycles. The van der Waals surface area contributed by atoms with Crippen molar-refractivity contribution in [1.82, 2.24) is 4.98 Å². The van der Waals surface area contributed by atoms with Gasteiger partial charge in [-0.3, -0.25) is 0 Å². The van der Waals surface area contributed by atoms with Gasteiger partial charge in [0.1, 0.15) is 0 Å². The molecule has 0 spiro atoms. The van der Waals surface area contributed by atoms with Crippen LogP contribution in [0.2, 0.25) is 5.02 Å². The number of alkyl halides is 2. The van der Waals surface area contributed by atoms with Gasteiger partial charge in [-0.25, -0.2) is 4.98 Å². The zero-order valence-electron chi connectivity index (χ0n) is 5.60. The number of hydrogen-bond acceptors (Lipinski definition) is 2. The summed E-state index contributed by atoms with van der Waals surface area (Å²) < 4.78 is 39.3. The maximum Gasteiger partial charge on any atom is 0.387 e. The molecule has 6 heteroatoms. The lowest BCUT2D eigenvalue weighted by molar-refractivity contribution is -0.0500. The summed E-state index contributed by atoms with van der Waals surface area (Å²) in [6.07, 6.45) is 0.795. The van der Waals surface area contributed by atoms with Gasteiger partial charge in [-0.05, 0) is 0 Å². The molecule has 0 aliphatic carbocycles. The first-order chi connectivity index (χ1) is 5.59. The van der Waals surface area contributed by atoms with Gasteiger partial charge in [0.05, 0.1) is 11.2 Å². The van der Waals surface area contributed by atoms with Crippen molar-refractivity contribution in [3.8, 4) is 5.75 Å². The summed E-state index contributed by atoms with van der Waals surface area (Å²) in [6, 6.07) is 0.791. The van der Waals surface area contributed by atoms with E-state index in [2.05, 4.69) is 9.72 Å². The van der Waals surface area contributed by atoms with Crippen LogP contribution in [0.5, 0.6) is 5.75 Å². The Bertz CT molecular complexity index is 281. The highest BCUT2D eigenvalue weighted by atomic mass is 35.5. The van der Waals surface area contributed by atoms with Gasteiger partial charge in [-0.1, -0.05) is 11.6 Å². The Morgan fingerprint density at radius 3 is 2.67 bits per heavy atom. The first kappa shape index (κ1) is 9.12. The highest BCUT2D eigenvalue weighted by molar-refractivity contribution is 6.31. The number of rotatable bonds is 2. The first-order valence-electron chi connectivity index (χ1n) is 2.85. The second-order valence-corrected chi connectivity index (χ2v) is 2.22. The second-order valence-electron chi connectivity index (χ2n) is 1.82. The molecule has 1 aromatic heterocycles. The van der Waals surface area contributed by atoms with Crippen LogP contribution in [0.3, 0.4) is 0 Å². The number of hydrogen-bond donors (Lipinski definition) is 0. The van der Waals surface area contributed by atoms with Crippen LogP contribution in [0.1, 0.15) is 0 Å². The van der Waals surface area contributed by atoms with Crippen molar-refractivity contribution in [2.45, 2.75) is 6.61 Å². The Morgan fingerprint density at radius 1 is 1.50 bits per heavy atom. The van der Waals surface area contributed by atoms with Gasteiger partial charge < -0.3 is 4.74 Å². The molecule has 0 radical (unpaired) electrons. The molecule has 0 saturated carbocycles. The quantitative estimate of drug-likeness (QED) is 0.680. The molecule has 0 aliphatic rings. The van der Waals surface area contributed by atoms with Crippen molar-refractivity contribution in [2.24, 2.45) is 0 Å². The maximum absolute atomic E-state index is 12.2. The zero-order valence-corrected chi connectivity index (χ0v) is 6.36. The molecule has 0 aliphatic heterocycles. The molecule has 2 nitrogen and oxygen atoms in total. The summed E-state index contributed by atoms with van der Waals surface area (Å²) in [5, 5.41) is -0.234. The van der Waals surface area contributed by atoms with Gasteiger partial charge in [0.25, 0.3) is 0 Å². The number of ether oxygens (including phenoxy) is 1. The Hall–Kier alpha value is -0.970. The van der Waals surface area contributed by atoms with E-state index in [0.717, 1.165) is 12.3 Å². The fourth-order valence-electron chi connectivity index (χ4n) is 0.578. The number of halogens is 4. The van der Waals surface area contributed by atoms with Gasteiger partial charge in [0.2, 0.25) is 5.95 Å². The predicted octanol–water partition coefficient (Wildman–Crippen LogP) is 2.48. The Kier molecular flexibility index (Phi) is 2.75. The van der Waals surface area contributed by atoms with E-state index in [1.807, 2.05) is 0 Å². The highest BCUT2D eigenvalue weighted by Gasteiger charge is 2.09. The smallest absolute Gasteiger partial charge is 0.387 e. The molecule has 1 heterocycles. The average molecular weight is 198 g/mol. The fourth-order valence-corrected chi connectivity index (χ4v) is 0.761. The van der Waals surface area contributed by atoms with Crippen molar-refractivity contribution < 1.29 is 17.9 Å². The summed E-state index contributed by atoms with van der Waals surface area (Å²) in [6.45, 7) is -2.99. The van der Waals surface area contributed by atoms with E-state index in [0.29, 0.717) is 0 Å². The second kappa shape index (κ2) is 3.62. The largest absolute Gasteiger partial charge is 0.432 e. The minimum absolute atomic E-state index is 0.234. The average Bonchev–Trinajstić information content (AvgIpc) is 1.94. The third-order valence-electron chi connectivity index (χ3n) is 1.00. The Balaban J connectivity index is 2.86. The van der Waals surface area contributed by atoms with Crippen LogP contribution in [-0.4, -0.2) is 11.6 Å². The summed E-state index contributed by atoms with van der Waals surface area (Å²) in [5.41, 5.74) is 0. The van der Waals surface area contributed by atoms with Crippen LogP contribution < -0.4 is 4.74 Å². The molecule has 66 valence electrons. The van der Waals surface area contributed by atoms with E-state index in [9.17, 15) is 13.2 Å². The predicted molar refractivity (Wildman–Crippen MR) is 35.8 cm³/mol. The van der Waals surface area contributed by atoms with Gasteiger partial charge in [-0.2, -0.15) is 13.2 Å². The molecule has 1 rings (SSSR count). The fraction of sp³-hybridized carbons (Fsp3) is 0.167. The summed E-state index contributed by atoms with van der Waals surface area (Å²) in [5.74, 6) is -1.19. The van der Waals surface area contributed by atoms with Crippen LogP contribution >= 0.6 is 11.6 Å². The van der Waals surface area contributed by atoms with Crippen molar-refractivity contribution >= 4 is 11.6 Å². The number of nitrogens with zero attached hydrogens (tertiary/aromatic N) is 1. The Morgan fingerprint density at radius 2 is 2.17 bits per heavy atom. The summed E-state index contributed by atoms with van der Waals surface area (Å²) in [7, 11) is 0. The van der Waals surface area contributed by atoms with Gasteiger partial charge in [0, 0.05) is 6.07 Å². The molecule has 0 unspecified atom stereocenters. The zero-order chi connectivity index (χ0) is 9.14. The lowest BCUT2D eigenvalue weighted by atomic mass is 10.4. The molecule has 0 fully saturated rings. The van der Waals surface area contributed by atoms with E-state index in [-0.39, 0.29) is 10.8 Å². The van der Waals surface area contributed by atoms with E-state index < -0.39 is 12.6 Å². The Labute approximate surface area is 70.9 Å². The lowest BCUT2D eigenvalue weighted by Gasteiger charge is -2.04. The van der Waals surface area contributed by atoms with E-state index in [4.69, 9.17) is 11.6 Å². The molecule has 12 heavy (non-hydrogen) atoms. The first-order valence-corrected chi connectivity index (χ1v) is 3.23. The standard InChI is InChI=1S/C6H3ClF3NO/c7-3-1-5(8)11-2-4(3)12-6(9)10/h1-2,6H. The molecule has 0 bridgehead atoms. The monoisotopic (exact) mass is 197 g/mol. The van der Waals surface area contributed by atoms with Gasteiger partial charge >= 0.3 is 6.61 Å². The minimum atomic E-state index is -2.99. The SMILES string of the molecule is Fc1cc(Cl)c(OC(F)F)cn1. The van der Waals surface area contributed by atoms with Crippen molar-refractivity contribution in [3.05, 3.63) is 23.2 Å². The molecule has 0 amide bonds. The third kappa shape index (κ3) is 2.27. The van der Waals surface area contributed by atoms with Crippen molar-refractivity contribution in [1.29, 1.82) is 0 Å². The highest BCUT2D eigenvalue weighted by Crippen LogP contribution is 2.24. The van der Waals surface area contributed by atoms with Crippen molar-refractivity contribution in [3.63, 3.8) is 0 Å². The van der Waals surface area contributed by atoms with Gasteiger partial charge in [-0.15, -0.1) is 0 Å².